The van der Waals surface area contributed by atoms with Gasteiger partial charge in [-0.3, -0.25) is 9.59 Å². The van der Waals surface area contributed by atoms with Crippen LogP contribution in [0.2, 0.25) is 0 Å². The summed E-state index contributed by atoms with van der Waals surface area (Å²) >= 11 is 3.53. The third-order valence-electron chi connectivity index (χ3n) is 2.12. The Kier molecular flexibility index (Phi) is 5.15. The molecule has 0 atom stereocenters. The molecule has 98 valence electrons. The second kappa shape index (κ2) is 6.39. The number of hydrogen-bond donors (Lipinski definition) is 2. The zero-order valence-electron chi connectivity index (χ0n) is 10.1. The summed E-state index contributed by atoms with van der Waals surface area (Å²) in [5.74, 6) is -1.58. The topological polar surface area (TPSA) is 55.4 Å². The van der Waals surface area contributed by atoms with E-state index in [0.717, 1.165) is 0 Å². The molecule has 0 heterocycles. The van der Waals surface area contributed by atoms with Gasteiger partial charge in [0.05, 0.1) is 5.92 Å². The smallest absolute Gasteiger partial charge is 0.313 e. The van der Waals surface area contributed by atoms with Crippen LogP contribution in [0.25, 0.3) is 0 Å². The minimum Gasteiger partial charge on any atom is -0.423 e. The van der Waals surface area contributed by atoms with Crippen molar-refractivity contribution in [3.05, 3.63) is 29.6 Å². The lowest BCUT2D eigenvalue weighted by Crippen LogP contribution is -2.17. The molecule has 4 nitrogen and oxygen atoms in total. The molecule has 0 spiro atoms. The van der Waals surface area contributed by atoms with Crippen LogP contribution in [0.3, 0.4) is 0 Å². The Balaban J connectivity index is 2.73. The Morgan fingerprint density at radius 2 is 2.11 bits per heavy atom. The predicted molar refractivity (Wildman–Crippen MR) is 68.1 cm³/mol. The fraction of sp³-hybridized carbons (Fsp3) is 0.333. The van der Waals surface area contributed by atoms with Gasteiger partial charge in [0.15, 0.2) is 11.6 Å². The first kappa shape index (κ1) is 14.5. The van der Waals surface area contributed by atoms with E-state index in [1.807, 2.05) is 0 Å². The van der Waals surface area contributed by atoms with Gasteiger partial charge >= 0.3 is 5.97 Å². The van der Waals surface area contributed by atoms with Crippen molar-refractivity contribution in [2.75, 3.05) is 0 Å². The highest BCUT2D eigenvalue weighted by molar-refractivity contribution is 7.96. The van der Waals surface area contributed by atoms with E-state index >= 15 is 0 Å². The lowest BCUT2D eigenvalue weighted by atomic mass is 10.2. The average molecular weight is 271 g/mol. The number of esters is 1. The van der Waals surface area contributed by atoms with E-state index in [1.54, 1.807) is 19.9 Å². The normalized spacial score (nSPS) is 10.3. The molecule has 1 N–H and O–H groups in total. The molecular formula is C12H14FNO3S. The highest BCUT2D eigenvalue weighted by Gasteiger charge is 2.13. The van der Waals surface area contributed by atoms with Crippen LogP contribution in [-0.2, 0) is 11.3 Å². The molecule has 18 heavy (non-hydrogen) atoms. The van der Waals surface area contributed by atoms with Crippen molar-refractivity contribution >= 4 is 23.8 Å². The fourth-order valence-corrected chi connectivity index (χ4v) is 1.22. The zero-order chi connectivity index (χ0) is 13.7. The molecule has 1 aromatic rings. The molecule has 1 rings (SSSR count). The Labute approximate surface area is 110 Å². The van der Waals surface area contributed by atoms with Crippen LogP contribution in [0.1, 0.15) is 19.4 Å². The molecule has 0 aromatic heterocycles. The Morgan fingerprint density at radius 1 is 1.44 bits per heavy atom. The maximum atomic E-state index is 13.6. The summed E-state index contributed by atoms with van der Waals surface area (Å²) in [4.78, 5) is 21.9. The Bertz CT molecular complexity index is 463. The minimum absolute atomic E-state index is 0.116. The van der Waals surface area contributed by atoms with Crippen molar-refractivity contribution < 1.29 is 18.7 Å². The molecule has 0 bridgehead atoms. The van der Waals surface area contributed by atoms with Crippen LogP contribution < -0.4 is 10.1 Å². The van der Waals surface area contributed by atoms with Crippen LogP contribution >= 0.6 is 12.6 Å². The van der Waals surface area contributed by atoms with Gasteiger partial charge in [-0.15, -0.1) is 0 Å². The van der Waals surface area contributed by atoms with Crippen LogP contribution in [-0.4, -0.2) is 11.2 Å². The number of carbonyl (C=O) groups is 2. The van der Waals surface area contributed by atoms with Gasteiger partial charge in [-0.2, -0.15) is 0 Å². The van der Waals surface area contributed by atoms with Gasteiger partial charge in [0.1, 0.15) is 0 Å². The first-order valence-corrected chi connectivity index (χ1v) is 5.81. The van der Waals surface area contributed by atoms with E-state index < -0.39 is 17.0 Å². The number of rotatable bonds is 4. The van der Waals surface area contributed by atoms with Gasteiger partial charge in [-0.25, -0.2) is 4.39 Å². The summed E-state index contributed by atoms with van der Waals surface area (Å²) in [5.41, 5.74) is 0.555. The molecule has 0 aliphatic carbocycles. The van der Waals surface area contributed by atoms with Crippen LogP contribution in [0.15, 0.2) is 18.2 Å². The summed E-state index contributed by atoms with van der Waals surface area (Å²) < 4.78 is 18.5. The number of amides is 1. The first-order chi connectivity index (χ1) is 8.40. The summed E-state index contributed by atoms with van der Waals surface area (Å²) in [7, 11) is 0. The van der Waals surface area contributed by atoms with Crippen molar-refractivity contribution in [2.24, 2.45) is 5.92 Å². The van der Waals surface area contributed by atoms with Crippen molar-refractivity contribution in [3.8, 4) is 5.75 Å². The number of nitrogens with one attached hydrogen (secondary N) is 1. The average Bonchev–Trinajstić information content (AvgIpc) is 2.29. The minimum atomic E-state index is -0.644. The van der Waals surface area contributed by atoms with Gasteiger partial charge in [0, 0.05) is 6.54 Å². The van der Waals surface area contributed by atoms with Crippen molar-refractivity contribution in [1.29, 1.82) is 0 Å². The zero-order valence-corrected chi connectivity index (χ0v) is 11.0. The second-order valence-electron chi connectivity index (χ2n) is 4.00. The van der Waals surface area contributed by atoms with E-state index in [4.69, 9.17) is 4.74 Å². The number of thiol groups is 1. The van der Waals surface area contributed by atoms with E-state index in [0.29, 0.717) is 5.56 Å². The highest BCUT2D eigenvalue weighted by atomic mass is 32.1. The van der Waals surface area contributed by atoms with Crippen molar-refractivity contribution in [1.82, 2.24) is 5.32 Å². The van der Waals surface area contributed by atoms with Crippen molar-refractivity contribution in [2.45, 2.75) is 20.4 Å². The molecule has 1 amide bonds. The molecular weight excluding hydrogens is 257 g/mol. The van der Waals surface area contributed by atoms with E-state index in [1.165, 1.54) is 12.1 Å². The number of benzene rings is 1. The Morgan fingerprint density at radius 3 is 2.61 bits per heavy atom. The quantitative estimate of drug-likeness (QED) is 0.502. The monoisotopic (exact) mass is 271 g/mol. The predicted octanol–water partition coefficient (Wildman–Crippen LogP) is 2.53. The number of carbonyl (C=O) groups excluding carboxylic acids is 2. The summed E-state index contributed by atoms with van der Waals surface area (Å²) in [6, 6.07) is 4.12. The van der Waals surface area contributed by atoms with Gasteiger partial charge < -0.3 is 10.1 Å². The molecule has 0 saturated carbocycles. The van der Waals surface area contributed by atoms with Gasteiger partial charge in [-0.05, 0) is 17.7 Å². The second-order valence-corrected chi connectivity index (χ2v) is 4.41. The van der Waals surface area contributed by atoms with Gasteiger partial charge in [0.25, 0.3) is 5.24 Å². The largest absolute Gasteiger partial charge is 0.423 e. The van der Waals surface area contributed by atoms with E-state index in [-0.39, 0.29) is 18.2 Å². The molecule has 0 saturated heterocycles. The van der Waals surface area contributed by atoms with E-state index in [9.17, 15) is 14.0 Å². The maximum absolute atomic E-state index is 13.6. The van der Waals surface area contributed by atoms with Gasteiger partial charge in [-0.1, -0.05) is 32.5 Å². The summed E-state index contributed by atoms with van der Waals surface area (Å²) in [5, 5.41) is 1.92. The maximum Gasteiger partial charge on any atom is 0.313 e. The molecule has 0 aliphatic rings. The first-order valence-electron chi connectivity index (χ1n) is 5.37. The molecule has 0 radical (unpaired) electrons. The molecule has 1 aromatic carbocycles. The third kappa shape index (κ3) is 4.37. The molecule has 0 aliphatic heterocycles. The Hall–Kier alpha value is -1.56. The fourth-order valence-electron chi connectivity index (χ4n) is 1.14. The van der Waals surface area contributed by atoms with Gasteiger partial charge in [0.2, 0.25) is 0 Å². The lowest BCUT2D eigenvalue weighted by molar-refractivity contribution is -0.137. The number of halogens is 1. The van der Waals surface area contributed by atoms with Crippen LogP contribution in [0.4, 0.5) is 9.18 Å². The number of hydrogen-bond acceptors (Lipinski definition) is 3. The molecule has 0 unspecified atom stereocenters. The highest BCUT2D eigenvalue weighted by Crippen LogP contribution is 2.19. The summed E-state index contributed by atoms with van der Waals surface area (Å²) in [6.45, 7) is 3.49. The molecule has 0 fully saturated rings. The van der Waals surface area contributed by atoms with E-state index in [2.05, 4.69) is 17.9 Å². The summed E-state index contributed by atoms with van der Waals surface area (Å²) in [6.07, 6.45) is 0. The number of ether oxygens (including phenoxy) is 1. The molecule has 6 heteroatoms. The SMILES string of the molecule is CC(C)C(=O)Oc1ccc(CNC(=O)S)cc1F. The van der Waals surface area contributed by atoms with Crippen LogP contribution in [0, 0.1) is 11.7 Å². The van der Waals surface area contributed by atoms with Crippen LogP contribution in [0.5, 0.6) is 5.75 Å². The standard InChI is InChI=1S/C12H14FNO3S/c1-7(2)11(15)17-10-4-3-8(5-9(10)13)6-14-12(16)18/h3-5,7H,6H2,1-2H3,(H2,14,16,18). The third-order valence-corrected chi connectivity index (χ3v) is 2.28. The van der Waals surface area contributed by atoms with Crippen molar-refractivity contribution in [3.63, 3.8) is 0 Å². The lowest BCUT2D eigenvalue weighted by Gasteiger charge is -2.09.